The van der Waals surface area contributed by atoms with E-state index in [1.54, 1.807) is 62.5 Å². The average molecular weight is 1530 g/mol. The van der Waals surface area contributed by atoms with Gasteiger partial charge in [-0.15, -0.1) is 30.6 Å². The molecule has 0 aromatic carbocycles. The molecule has 0 spiro atoms. The fraction of sp³-hybridized carbons (Fsp3) is 0.278. The predicted octanol–water partition coefficient (Wildman–Crippen LogP) is 15.1. The molecular formula is C79H75N19O9S3. The number of hydrogen-bond acceptors (Lipinski definition) is 26. The molecule has 15 aromatic heterocycles. The van der Waals surface area contributed by atoms with Gasteiger partial charge in [0.1, 0.15) is 45.8 Å². The van der Waals surface area contributed by atoms with Gasteiger partial charge in [0, 0.05) is 109 Å². The molecule has 3 aliphatic heterocycles. The van der Waals surface area contributed by atoms with E-state index in [9.17, 15) is 24.6 Å². The molecule has 3 saturated heterocycles. The number of fused-ring (bicyclic) bond motifs is 3. The number of carbonyl (C=O) groups excluding carboxylic acids is 2. The maximum Gasteiger partial charge on any atom is 0.358 e. The van der Waals surface area contributed by atoms with Gasteiger partial charge < -0.3 is 48.2 Å². The first kappa shape index (κ1) is 72.0. The van der Waals surface area contributed by atoms with E-state index in [0.717, 1.165) is 90.1 Å². The van der Waals surface area contributed by atoms with Crippen LogP contribution < -0.4 is 20.0 Å². The van der Waals surface area contributed by atoms with Crippen LogP contribution in [0.4, 0.5) is 17.5 Å². The minimum atomic E-state index is -1.06. The van der Waals surface area contributed by atoms with Gasteiger partial charge >= 0.3 is 11.9 Å². The lowest BCUT2D eigenvalue weighted by Crippen LogP contribution is -2.39. The number of pyridine rings is 6. The lowest BCUT2D eigenvalue weighted by Gasteiger charge is -2.19. The molecule has 1 amide bonds. The van der Waals surface area contributed by atoms with Gasteiger partial charge in [0.05, 0.1) is 46.0 Å². The SMILES string of the molecule is CC(C)(C)OC(=O)c1c(-c2ccsc2)nc2c(-c3nnc(-c4ccc(N5CCCC5)nc4)o3)cccn12.CC(C)C[C@@H](CO)NC(=O)c1c(-c2ccsc2)nc2c(-c3nnc(-c4ccc(N5CCCC5)nc4)o3)cccn12.O=C(O)c1c(-c2ccsc2)nc2c(-c3nnc(-c4ccc(N5CCCC5)nc4)o3)cccn12. The van der Waals surface area contributed by atoms with Gasteiger partial charge in [-0.3, -0.25) is 18.0 Å². The summed E-state index contributed by atoms with van der Waals surface area (Å²) in [5.74, 6) is 3.30. The zero-order chi connectivity index (χ0) is 75.6. The molecule has 18 heterocycles. The van der Waals surface area contributed by atoms with Crippen molar-refractivity contribution in [3.05, 3.63) is 178 Å². The number of aliphatic hydroxyl groups excluding tert-OH is 1. The summed E-state index contributed by atoms with van der Waals surface area (Å²) in [4.78, 5) is 73.8. The number of amides is 1. The number of anilines is 3. The number of hydrogen-bond donors (Lipinski definition) is 3. The Hall–Kier alpha value is -12.2. The molecule has 0 aliphatic carbocycles. The Balaban J connectivity index is 0.000000126. The van der Waals surface area contributed by atoms with Crippen LogP contribution in [0, 0.1) is 5.92 Å². The Morgan fingerprint density at radius 1 is 0.482 bits per heavy atom. The lowest BCUT2D eigenvalue weighted by molar-refractivity contribution is 0.00621. The number of carboxylic acid groups (broad SMARTS) is 1. The first-order chi connectivity index (χ1) is 53.6. The van der Waals surface area contributed by atoms with Gasteiger partial charge in [-0.25, -0.2) is 39.5 Å². The van der Waals surface area contributed by atoms with Crippen LogP contribution in [0.15, 0.2) is 174 Å². The second kappa shape index (κ2) is 31.2. The number of thiophene rings is 3. The maximum absolute atomic E-state index is 13.6. The monoisotopic (exact) mass is 1530 g/mol. The Labute approximate surface area is 641 Å². The van der Waals surface area contributed by atoms with Gasteiger partial charge in [-0.2, -0.15) is 34.0 Å². The van der Waals surface area contributed by atoms with E-state index in [4.69, 9.17) is 28.0 Å². The number of aromatic carboxylic acids is 1. The molecular weight excluding hydrogens is 1460 g/mol. The minimum Gasteiger partial charge on any atom is -0.476 e. The molecule has 558 valence electrons. The summed E-state index contributed by atoms with van der Waals surface area (Å²) in [6, 6.07) is 28.0. The van der Waals surface area contributed by atoms with Crippen LogP contribution in [0.5, 0.6) is 0 Å². The normalized spacial score (nSPS) is 14.0. The van der Waals surface area contributed by atoms with Crippen LogP contribution in [-0.2, 0) is 4.74 Å². The third kappa shape index (κ3) is 15.0. The smallest absolute Gasteiger partial charge is 0.358 e. The Morgan fingerprint density at radius 3 is 1.16 bits per heavy atom. The lowest BCUT2D eigenvalue weighted by atomic mass is 10.0. The molecule has 3 N–H and O–H groups in total. The number of imidazole rings is 3. The number of esters is 1. The van der Waals surface area contributed by atoms with Crippen molar-refractivity contribution in [3.8, 4) is 102 Å². The molecule has 110 heavy (non-hydrogen) atoms. The van der Waals surface area contributed by atoms with Gasteiger partial charge in [-0.05, 0) is 179 Å². The number of aliphatic hydroxyl groups is 1. The Morgan fingerprint density at radius 2 is 0.836 bits per heavy atom. The number of carboxylic acids is 1. The molecule has 18 rings (SSSR count). The Bertz CT molecular complexity index is 5730. The summed E-state index contributed by atoms with van der Waals surface area (Å²) in [5.41, 5.74) is 9.59. The molecule has 0 bridgehead atoms. The zero-order valence-corrected chi connectivity index (χ0v) is 63.1. The van der Waals surface area contributed by atoms with Crippen molar-refractivity contribution in [1.29, 1.82) is 0 Å². The molecule has 15 aromatic rings. The Kier molecular flexibility index (Phi) is 20.4. The van der Waals surface area contributed by atoms with Gasteiger partial charge in [-0.1, -0.05) is 13.8 Å². The van der Waals surface area contributed by atoms with E-state index in [0.29, 0.717) is 104 Å². The van der Waals surface area contributed by atoms with Crippen molar-refractivity contribution >= 4 is 86.3 Å². The van der Waals surface area contributed by atoms with Crippen molar-refractivity contribution in [1.82, 2.24) is 79.0 Å². The second-order valence-corrected chi connectivity index (χ2v) is 30.5. The summed E-state index contributed by atoms with van der Waals surface area (Å²) in [6.45, 7) is 15.7. The highest BCUT2D eigenvalue weighted by Gasteiger charge is 2.31. The highest BCUT2D eigenvalue weighted by molar-refractivity contribution is 7.08. The predicted molar refractivity (Wildman–Crippen MR) is 419 cm³/mol. The van der Waals surface area contributed by atoms with Crippen molar-refractivity contribution in [2.45, 2.75) is 91.2 Å². The third-order valence-electron chi connectivity index (χ3n) is 18.9. The van der Waals surface area contributed by atoms with Crippen LogP contribution in [0.1, 0.15) is 111 Å². The molecule has 3 fully saturated rings. The van der Waals surface area contributed by atoms with Gasteiger partial charge in [0.15, 0.2) is 28.3 Å². The van der Waals surface area contributed by atoms with Crippen LogP contribution in [0.25, 0.3) is 119 Å². The molecule has 28 nitrogen and oxygen atoms in total. The van der Waals surface area contributed by atoms with E-state index in [-0.39, 0.29) is 30.1 Å². The average Bonchev–Trinajstić information content (AvgIpc) is 1.61. The van der Waals surface area contributed by atoms with Crippen molar-refractivity contribution in [2.75, 3.05) is 60.6 Å². The number of carbonyl (C=O) groups is 3. The molecule has 1 atom stereocenters. The fourth-order valence-electron chi connectivity index (χ4n) is 13.7. The summed E-state index contributed by atoms with van der Waals surface area (Å²) in [7, 11) is 0. The second-order valence-electron chi connectivity index (χ2n) is 28.1. The molecule has 3 aliphatic rings. The van der Waals surface area contributed by atoms with Crippen molar-refractivity contribution < 1.29 is 42.6 Å². The zero-order valence-electron chi connectivity index (χ0n) is 60.7. The van der Waals surface area contributed by atoms with Gasteiger partial charge in [0.2, 0.25) is 17.7 Å². The first-order valence-corrected chi connectivity index (χ1v) is 39.1. The van der Waals surface area contributed by atoms with E-state index < -0.39 is 17.5 Å². The highest BCUT2D eigenvalue weighted by Crippen LogP contribution is 2.38. The maximum atomic E-state index is 13.6. The van der Waals surface area contributed by atoms with E-state index in [1.807, 2.05) is 132 Å². The minimum absolute atomic E-state index is 0.0895. The number of rotatable bonds is 19. The summed E-state index contributed by atoms with van der Waals surface area (Å²) >= 11 is 4.55. The number of nitrogens with one attached hydrogen (secondary N) is 1. The quantitative estimate of drug-likeness (QED) is 0.0633. The van der Waals surface area contributed by atoms with Crippen LogP contribution >= 0.6 is 34.0 Å². The van der Waals surface area contributed by atoms with Crippen molar-refractivity contribution in [2.24, 2.45) is 5.92 Å². The highest BCUT2D eigenvalue weighted by atomic mass is 32.1. The molecule has 0 radical (unpaired) electrons. The summed E-state index contributed by atoms with van der Waals surface area (Å²) in [5, 5.41) is 59.8. The summed E-state index contributed by atoms with van der Waals surface area (Å²) in [6.07, 6.45) is 18.3. The van der Waals surface area contributed by atoms with Crippen LogP contribution in [-0.4, -0.2) is 159 Å². The number of ether oxygens (including phenoxy) is 1. The summed E-state index contributed by atoms with van der Waals surface area (Å²) < 4.78 is 28.9. The topological polar surface area (TPSA) is 330 Å². The van der Waals surface area contributed by atoms with E-state index in [1.165, 1.54) is 72.5 Å². The molecule has 0 saturated carbocycles. The molecule has 31 heteroatoms. The number of aromatic nitrogens is 15. The van der Waals surface area contributed by atoms with E-state index >= 15 is 0 Å². The van der Waals surface area contributed by atoms with E-state index in [2.05, 4.69) is 84.4 Å². The largest absolute Gasteiger partial charge is 0.476 e. The van der Waals surface area contributed by atoms with Crippen LogP contribution in [0.2, 0.25) is 0 Å². The van der Waals surface area contributed by atoms with Gasteiger partial charge in [0.25, 0.3) is 23.6 Å². The fourth-order valence-corrected chi connectivity index (χ4v) is 15.7. The molecule has 0 unspecified atom stereocenters. The van der Waals surface area contributed by atoms with Crippen molar-refractivity contribution in [3.63, 3.8) is 0 Å². The first-order valence-electron chi connectivity index (χ1n) is 36.2. The third-order valence-corrected chi connectivity index (χ3v) is 20.9. The van der Waals surface area contributed by atoms with Crippen LogP contribution in [0.3, 0.4) is 0 Å². The standard InChI is InChI=1S/C29H31N7O3S.C27H26N6O3S.C23H18N6O3S/c1-18(2)14-21(16-37)31-27(38)25-24(20-9-13-40-17-20)32-26-22(6-5-12-36(25)26)29-34-33-28(39-29)19-7-8-23(30-15-19)35-10-3-4-11-35;1-27(2,3)36-26(34)22-21(18-10-14-37-16-18)29-23-19(7-6-13-33(22)23)25-31-30-24(35-25)17-8-9-20(28-15-17)32-11-4-5-12-32;30-23(31)19-18(15-7-11-33-13-15)25-20-16(4-3-10-29(19)20)22-27-26-21(32-22)14-5-6-17(24-12-14)28-8-1-2-9-28/h5-9,12-13,15,17-18,21,37H,3-4,10-11,14,16H2,1-2H3,(H,31,38);6-10,13-16H,4-5,11-12H2,1-3H3;3-7,10-13H,1-2,8-9H2,(H,30,31)/t21-;;/m0../s1. The number of nitrogens with zero attached hydrogens (tertiary/aromatic N) is 18.